The lowest BCUT2D eigenvalue weighted by Gasteiger charge is -2.22. The lowest BCUT2D eigenvalue weighted by atomic mass is 10.1. The van der Waals surface area contributed by atoms with Crippen LogP contribution in [-0.2, 0) is 25.8 Å². The highest BCUT2D eigenvalue weighted by atomic mass is 32.2. The number of aryl methyl sites for hydroxylation is 1. The van der Waals surface area contributed by atoms with Gasteiger partial charge in [-0.05, 0) is 74.6 Å². The number of nitrogens with one attached hydrogen (secondary N) is 1. The summed E-state index contributed by atoms with van der Waals surface area (Å²) in [5.41, 5.74) is 4.40. The molecule has 0 bridgehead atoms. The van der Waals surface area contributed by atoms with Crippen molar-refractivity contribution in [2.45, 2.75) is 50.5 Å². The van der Waals surface area contributed by atoms with Crippen LogP contribution in [0.25, 0.3) is 0 Å². The van der Waals surface area contributed by atoms with Gasteiger partial charge in [0.05, 0.1) is 10.6 Å². The average Bonchev–Trinajstić information content (AvgIpc) is 3.55. The van der Waals surface area contributed by atoms with E-state index in [-0.39, 0.29) is 40.8 Å². The van der Waals surface area contributed by atoms with E-state index in [1.165, 1.54) is 0 Å². The first-order valence-electron chi connectivity index (χ1n) is 11.3. The first-order chi connectivity index (χ1) is 15.6. The van der Waals surface area contributed by atoms with E-state index >= 15 is 0 Å². The van der Waals surface area contributed by atoms with Crippen LogP contribution in [-0.4, -0.2) is 46.1 Å². The number of hydrogen-bond acceptors (Lipinski definition) is 5. The van der Waals surface area contributed by atoms with E-state index in [0.717, 1.165) is 35.3 Å². The van der Waals surface area contributed by atoms with E-state index in [0.29, 0.717) is 12.1 Å². The maximum Gasteiger partial charge on any atom is 0.230 e. The molecule has 176 valence electrons. The maximum atomic E-state index is 12.9. The molecule has 8 heteroatoms. The van der Waals surface area contributed by atoms with Crippen molar-refractivity contribution in [3.05, 3.63) is 47.5 Å². The molecule has 1 aliphatic carbocycles. The summed E-state index contributed by atoms with van der Waals surface area (Å²) in [4.78, 5) is 29.1. The van der Waals surface area contributed by atoms with E-state index in [2.05, 4.69) is 5.32 Å². The van der Waals surface area contributed by atoms with E-state index in [1.807, 2.05) is 55.9 Å². The molecule has 2 aliphatic rings. The molecule has 1 N–H and O–H groups in total. The molecule has 1 heterocycles. The van der Waals surface area contributed by atoms with Gasteiger partial charge in [-0.15, -0.1) is 0 Å². The Morgan fingerprint density at radius 1 is 1.12 bits per heavy atom. The number of amides is 2. The predicted molar refractivity (Wildman–Crippen MR) is 131 cm³/mol. The highest BCUT2D eigenvalue weighted by molar-refractivity contribution is 7.91. The maximum absolute atomic E-state index is 12.9. The molecular formula is C25H31N3O4S. The molecule has 1 fully saturated rings. The molecule has 0 spiro atoms. The van der Waals surface area contributed by atoms with Crippen LogP contribution in [0.1, 0.15) is 37.3 Å². The number of benzene rings is 2. The molecule has 4 rings (SSSR count). The van der Waals surface area contributed by atoms with Gasteiger partial charge in [0.1, 0.15) is 0 Å². The smallest absolute Gasteiger partial charge is 0.230 e. The normalized spacial score (nSPS) is 17.6. The van der Waals surface area contributed by atoms with Crippen LogP contribution in [0.4, 0.5) is 17.1 Å². The molecule has 2 aromatic carbocycles. The third-order valence-corrected chi connectivity index (χ3v) is 8.08. The molecule has 0 saturated heterocycles. The number of nitrogens with zero attached hydrogens (tertiary/aromatic N) is 2. The van der Waals surface area contributed by atoms with Gasteiger partial charge in [0.15, 0.2) is 9.84 Å². The number of hydrogen-bond donors (Lipinski definition) is 1. The Labute approximate surface area is 195 Å². The molecule has 1 aliphatic heterocycles. The summed E-state index contributed by atoms with van der Waals surface area (Å²) < 4.78 is 25.8. The topological polar surface area (TPSA) is 86.8 Å². The van der Waals surface area contributed by atoms with E-state index < -0.39 is 9.84 Å². The van der Waals surface area contributed by atoms with E-state index in [4.69, 9.17) is 0 Å². The van der Waals surface area contributed by atoms with Crippen LogP contribution in [0.5, 0.6) is 0 Å². The fourth-order valence-corrected chi connectivity index (χ4v) is 5.69. The number of fused-ring (bicyclic) bond motifs is 1. The summed E-state index contributed by atoms with van der Waals surface area (Å²) in [6, 6.07) is 10.6. The first kappa shape index (κ1) is 23.3. The highest BCUT2D eigenvalue weighted by Gasteiger charge is 2.39. The van der Waals surface area contributed by atoms with Gasteiger partial charge in [0, 0.05) is 49.5 Å². The molecule has 2 aromatic rings. The Morgan fingerprint density at radius 3 is 2.52 bits per heavy atom. The molecule has 33 heavy (non-hydrogen) atoms. The quantitative estimate of drug-likeness (QED) is 0.670. The van der Waals surface area contributed by atoms with Gasteiger partial charge < -0.3 is 15.1 Å². The molecule has 0 radical (unpaired) electrons. The first-order valence-corrected chi connectivity index (χ1v) is 13.0. The summed E-state index contributed by atoms with van der Waals surface area (Å²) in [7, 11) is 0.230. The predicted octanol–water partition coefficient (Wildman–Crippen LogP) is 3.55. The fourth-order valence-electron chi connectivity index (χ4n) is 4.40. The second kappa shape index (κ2) is 8.82. The summed E-state index contributed by atoms with van der Waals surface area (Å²) >= 11 is 0. The van der Waals surface area contributed by atoms with Crippen molar-refractivity contribution in [3.63, 3.8) is 0 Å². The van der Waals surface area contributed by atoms with E-state index in [9.17, 15) is 18.0 Å². The number of carbonyl (C=O) groups is 2. The van der Waals surface area contributed by atoms with Crippen molar-refractivity contribution in [2.24, 2.45) is 5.92 Å². The van der Waals surface area contributed by atoms with Gasteiger partial charge in [0.25, 0.3) is 0 Å². The third-order valence-electron chi connectivity index (χ3n) is 6.36. The van der Waals surface area contributed by atoms with Crippen LogP contribution in [0.2, 0.25) is 0 Å². The highest BCUT2D eigenvalue weighted by Crippen LogP contribution is 2.39. The summed E-state index contributed by atoms with van der Waals surface area (Å²) in [5, 5.41) is 2.80. The summed E-state index contributed by atoms with van der Waals surface area (Å²) in [5.74, 6) is -0.363. The number of rotatable bonds is 7. The largest absolute Gasteiger partial charge is 0.377 e. The molecule has 7 nitrogen and oxygen atoms in total. The van der Waals surface area contributed by atoms with Crippen molar-refractivity contribution in [1.29, 1.82) is 0 Å². The van der Waals surface area contributed by atoms with Crippen LogP contribution in [0, 0.1) is 12.8 Å². The van der Waals surface area contributed by atoms with Crippen LogP contribution in [0.3, 0.4) is 0 Å². The van der Waals surface area contributed by atoms with Crippen molar-refractivity contribution in [1.82, 2.24) is 0 Å². The number of carbonyl (C=O) groups excluding carboxylic acids is 2. The third kappa shape index (κ3) is 4.90. The Kier molecular flexibility index (Phi) is 6.22. The van der Waals surface area contributed by atoms with Crippen molar-refractivity contribution >= 4 is 38.7 Å². The second-order valence-corrected chi connectivity index (χ2v) is 11.4. The van der Waals surface area contributed by atoms with E-state index in [1.54, 1.807) is 18.2 Å². The van der Waals surface area contributed by atoms with Crippen molar-refractivity contribution < 1.29 is 18.0 Å². The molecular weight excluding hydrogens is 438 g/mol. The summed E-state index contributed by atoms with van der Waals surface area (Å²) in [6.07, 6.45) is 2.38. The van der Waals surface area contributed by atoms with Crippen LogP contribution < -0.4 is 15.1 Å². The zero-order valence-electron chi connectivity index (χ0n) is 19.6. The minimum absolute atomic E-state index is 0.0263. The number of anilines is 3. The second-order valence-electron chi connectivity index (χ2n) is 9.34. The van der Waals surface area contributed by atoms with Crippen molar-refractivity contribution in [3.8, 4) is 0 Å². The summed E-state index contributed by atoms with van der Waals surface area (Å²) in [6.45, 7) is 3.98. The molecule has 1 atom stereocenters. The monoisotopic (exact) mass is 469 g/mol. The minimum Gasteiger partial charge on any atom is -0.377 e. The SMILES string of the molecule is Cc1ccc(NC(=O)CCS(=O)(=O)c2ccc3c(c2)C[C@H](C)N3C(=O)C2CC2)cc1N(C)C. The standard InChI is InChI=1S/C25H31N3O4S/c1-16-5-8-20(15-23(16)27(3)4)26-24(29)11-12-33(31,32)21-9-10-22-19(14-21)13-17(2)28(22)25(30)18-6-7-18/h5,8-10,14-15,17-18H,6-7,11-13H2,1-4H3,(H,26,29)/t17-/m0/s1. The molecule has 0 aromatic heterocycles. The van der Waals surface area contributed by atoms with Gasteiger partial charge in [-0.2, -0.15) is 0 Å². The Bertz CT molecular complexity index is 1200. The zero-order valence-corrected chi connectivity index (χ0v) is 20.4. The Balaban J connectivity index is 1.42. The molecule has 1 saturated carbocycles. The van der Waals surface area contributed by atoms with Crippen molar-refractivity contribution in [2.75, 3.05) is 35.0 Å². The van der Waals surface area contributed by atoms with Gasteiger partial charge in [-0.25, -0.2) is 8.42 Å². The fraction of sp³-hybridized carbons (Fsp3) is 0.440. The van der Waals surface area contributed by atoms with Crippen LogP contribution >= 0.6 is 0 Å². The van der Waals surface area contributed by atoms with Crippen LogP contribution in [0.15, 0.2) is 41.3 Å². The number of sulfone groups is 1. The Morgan fingerprint density at radius 2 is 1.85 bits per heavy atom. The Hall–Kier alpha value is -2.87. The van der Waals surface area contributed by atoms with Gasteiger partial charge >= 0.3 is 0 Å². The lowest BCUT2D eigenvalue weighted by Crippen LogP contribution is -2.36. The van der Waals surface area contributed by atoms with Gasteiger partial charge in [0.2, 0.25) is 11.8 Å². The average molecular weight is 470 g/mol. The molecule has 2 amide bonds. The van der Waals surface area contributed by atoms with Gasteiger partial charge in [-0.3, -0.25) is 9.59 Å². The zero-order chi connectivity index (χ0) is 23.9. The molecule has 0 unspecified atom stereocenters. The lowest BCUT2D eigenvalue weighted by molar-refractivity contribution is -0.120. The minimum atomic E-state index is -3.63. The van der Waals surface area contributed by atoms with Gasteiger partial charge in [-0.1, -0.05) is 6.07 Å².